The maximum atomic E-state index is 10.9. The largest absolute Gasteiger partial charge is 0.480 e. The van der Waals surface area contributed by atoms with Crippen molar-refractivity contribution in [1.82, 2.24) is 0 Å². The molecule has 0 amide bonds. The fourth-order valence-electron chi connectivity index (χ4n) is 1.57. The van der Waals surface area contributed by atoms with E-state index < -0.39 is 12.0 Å². The summed E-state index contributed by atoms with van der Waals surface area (Å²) in [6.07, 6.45) is 0. The third-order valence-electron chi connectivity index (χ3n) is 2.46. The summed E-state index contributed by atoms with van der Waals surface area (Å²) in [5, 5.41) is 19.5. The summed E-state index contributed by atoms with van der Waals surface area (Å²) >= 11 is 4.01. The second-order valence-electron chi connectivity index (χ2n) is 3.56. The topological polar surface area (TPSA) is 86.1 Å². The number of anilines is 2. The summed E-state index contributed by atoms with van der Waals surface area (Å²) < 4.78 is 0. The molecule has 0 fully saturated rings. The smallest absolute Gasteiger partial charge is 0.326 e. The fraction of sp³-hybridized carbons (Fsp3) is 0.300. The van der Waals surface area contributed by atoms with Crippen LogP contribution in [0.5, 0.6) is 0 Å². The van der Waals surface area contributed by atoms with Gasteiger partial charge in [-0.25, -0.2) is 4.79 Å². The molecule has 0 aliphatic carbocycles. The number of hydrogen-bond donors (Lipinski definition) is 4. The molecule has 1 aliphatic rings. The highest BCUT2D eigenvalue weighted by Gasteiger charge is 2.18. The first-order valence-electron chi connectivity index (χ1n) is 5.07. The van der Waals surface area contributed by atoms with E-state index in [0.717, 1.165) is 16.9 Å². The van der Waals surface area contributed by atoms with Gasteiger partial charge in [-0.2, -0.15) is 17.7 Å². The molecule has 0 radical (unpaired) electrons. The van der Waals surface area contributed by atoms with Gasteiger partial charge in [-0.1, -0.05) is 11.3 Å². The Morgan fingerprint density at radius 3 is 3.18 bits per heavy atom. The van der Waals surface area contributed by atoms with Crippen molar-refractivity contribution in [2.45, 2.75) is 12.6 Å². The van der Waals surface area contributed by atoms with Crippen molar-refractivity contribution in [1.29, 1.82) is 0 Å². The number of thiol groups is 1. The number of rotatable bonds is 4. The van der Waals surface area contributed by atoms with Crippen molar-refractivity contribution < 1.29 is 9.90 Å². The van der Waals surface area contributed by atoms with E-state index in [9.17, 15) is 4.79 Å². The Bertz CT molecular complexity index is 464. The Labute approximate surface area is 104 Å². The van der Waals surface area contributed by atoms with Gasteiger partial charge >= 0.3 is 5.97 Å². The Morgan fingerprint density at radius 1 is 1.65 bits per heavy atom. The molecule has 0 saturated carbocycles. The first-order valence-corrected chi connectivity index (χ1v) is 5.70. The average molecular weight is 252 g/mol. The molecule has 1 atom stereocenters. The normalized spacial score (nSPS) is 14.6. The van der Waals surface area contributed by atoms with Gasteiger partial charge in [0, 0.05) is 17.0 Å². The fourth-order valence-corrected chi connectivity index (χ4v) is 1.81. The van der Waals surface area contributed by atoms with Gasteiger partial charge in [0.05, 0.1) is 12.2 Å². The van der Waals surface area contributed by atoms with Crippen LogP contribution in [0.4, 0.5) is 11.4 Å². The molecule has 90 valence electrons. The van der Waals surface area contributed by atoms with E-state index in [1.807, 2.05) is 18.2 Å². The monoisotopic (exact) mass is 252 g/mol. The van der Waals surface area contributed by atoms with Crippen molar-refractivity contribution >= 4 is 30.0 Å². The van der Waals surface area contributed by atoms with E-state index in [4.69, 9.17) is 5.11 Å². The molecular weight excluding hydrogens is 240 g/mol. The third kappa shape index (κ3) is 2.50. The molecule has 0 bridgehead atoms. The summed E-state index contributed by atoms with van der Waals surface area (Å²) in [5.74, 6) is -0.712. The second-order valence-corrected chi connectivity index (χ2v) is 3.93. The lowest BCUT2D eigenvalue weighted by Crippen LogP contribution is -2.31. The molecule has 0 unspecified atom stereocenters. The maximum Gasteiger partial charge on any atom is 0.326 e. The van der Waals surface area contributed by atoms with Crippen LogP contribution in [0.2, 0.25) is 0 Å². The molecule has 17 heavy (non-hydrogen) atoms. The molecule has 1 aromatic carbocycles. The van der Waals surface area contributed by atoms with E-state index in [0.29, 0.717) is 6.54 Å². The van der Waals surface area contributed by atoms with Crippen LogP contribution in [-0.4, -0.2) is 22.9 Å². The van der Waals surface area contributed by atoms with Gasteiger partial charge in [-0.3, -0.25) is 5.43 Å². The molecule has 1 aliphatic heterocycles. The van der Waals surface area contributed by atoms with Crippen molar-refractivity contribution in [3.05, 3.63) is 23.8 Å². The highest BCUT2D eigenvalue weighted by molar-refractivity contribution is 7.80. The molecule has 3 N–H and O–H groups in total. The lowest BCUT2D eigenvalue weighted by atomic mass is 10.1. The zero-order valence-corrected chi connectivity index (χ0v) is 9.82. The number of carboxylic acid groups (broad SMARTS) is 1. The van der Waals surface area contributed by atoms with Crippen LogP contribution in [0.3, 0.4) is 0 Å². The van der Waals surface area contributed by atoms with Crippen LogP contribution in [0, 0.1) is 0 Å². The maximum absolute atomic E-state index is 10.9. The number of fused-ring (bicyclic) bond motifs is 1. The van der Waals surface area contributed by atoms with Gasteiger partial charge in [0.1, 0.15) is 6.04 Å². The first kappa shape index (κ1) is 11.7. The Morgan fingerprint density at radius 2 is 2.47 bits per heavy atom. The van der Waals surface area contributed by atoms with E-state index in [2.05, 4.69) is 33.7 Å². The summed E-state index contributed by atoms with van der Waals surface area (Å²) in [5.41, 5.74) is 5.27. The highest BCUT2D eigenvalue weighted by Crippen LogP contribution is 2.28. The number of hydrogen-bond acceptors (Lipinski definition) is 6. The zero-order chi connectivity index (χ0) is 12.3. The number of carboxylic acids is 1. The number of nitrogens with zero attached hydrogens (tertiary/aromatic N) is 2. The van der Waals surface area contributed by atoms with Crippen LogP contribution >= 0.6 is 12.6 Å². The predicted molar refractivity (Wildman–Crippen MR) is 67.5 cm³/mol. The third-order valence-corrected chi connectivity index (χ3v) is 2.82. The van der Waals surface area contributed by atoms with Gasteiger partial charge < -0.3 is 10.4 Å². The van der Waals surface area contributed by atoms with E-state index >= 15 is 0 Å². The van der Waals surface area contributed by atoms with Gasteiger partial charge in [-0.15, -0.1) is 0 Å². The van der Waals surface area contributed by atoms with E-state index in [1.165, 1.54) is 0 Å². The zero-order valence-electron chi connectivity index (χ0n) is 8.92. The van der Waals surface area contributed by atoms with Gasteiger partial charge in [0.25, 0.3) is 0 Å². The minimum Gasteiger partial charge on any atom is -0.480 e. The number of benzene rings is 1. The lowest BCUT2D eigenvalue weighted by Gasteiger charge is -2.19. The molecule has 1 aromatic rings. The van der Waals surface area contributed by atoms with Gasteiger partial charge in [-0.05, 0) is 12.1 Å². The minimum absolute atomic E-state index is 0.216. The minimum atomic E-state index is -0.928. The second kappa shape index (κ2) is 5.05. The Kier molecular flexibility index (Phi) is 3.48. The number of aliphatic carboxylic acids is 1. The molecule has 0 saturated heterocycles. The average Bonchev–Trinajstić information content (AvgIpc) is 2.35. The van der Waals surface area contributed by atoms with Crippen molar-refractivity contribution in [2.75, 3.05) is 16.5 Å². The van der Waals surface area contributed by atoms with E-state index in [1.54, 1.807) is 0 Å². The molecule has 2 rings (SSSR count). The van der Waals surface area contributed by atoms with Crippen LogP contribution in [0.15, 0.2) is 28.5 Å². The molecule has 0 spiro atoms. The summed E-state index contributed by atoms with van der Waals surface area (Å²) in [6.45, 7) is 0.435. The van der Waals surface area contributed by atoms with E-state index in [-0.39, 0.29) is 5.75 Å². The quantitative estimate of drug-likeness (QED) is 0.615. The Hall–Kier alpha value is -1.76. The highest BCUT2D eigenvalue weighted by atomic mass is 32.1. The van der Waals surface area contributed by atoms with Crippen molar-refractivity contribution in [2.24, 2.45) is 10.3 Å². The van der Waals surface area contributed by atoms with Crippen LogP contribution in [0.1, 0.15) is 5.56 Å². The van der Waals surface area contributed by atoms with Gasteiger partial charge in [0.15, 0.2) is 0 Å². The van der Waals surface area contributed by atoms with Crippen molar-refractivity contribution in [3.8, 4) is 0 Å². The standard InChI is InChI=1S/C10H12N4O2S/c15-10(16)9(5-17)12-7-2-1-3-8-6(7)4-11-14-13-8/h1-3,9,12,17H,4-5H2,(H,11,13)(H,15,16)/t9-/m0/s1. The molecular formula is C10H12N4O2S. The van der Waals surface area contributed by atoms with Crippen LogP contribution in [-0.2, 0) is 11.3 Å². The Balaban J connectivity index is 2.25. The predicted octanol–water partition coefficient (Wildman–Crippen LogP) is 1.77. The SMILES string of the molecule is O=C(O)[C@H](CS)Nc1cccc2c1CN=NN2. The molecule has 7 heteroatoms. The molecule has 0 aromatic heterocycles. The number of carbonyl (C=O) groups is 1. The first-order chi connectivity index (χ1) is 8.22. The molecule has 6 nitrogen and oxygen atoms in total. The lowest BCUT2D eigenvalue weighted by molar-refractivity contribution is -0.137. The molecule has 1 heterocycles. The van der Waals surface area contributed by atoms with Crippen LogP contribution in [0.25, 0.3) is 0 Å². The summed E-state index contributed by atoms with van der Waals surface area (Å²) in [7, 11) is 0. The number of nitrogens with one attached hydrogen (secondary N) is 2. The summed E-state index contributed by atoms with van der Waals surface area (Å²) in [4.78, 5) is 10.9. The van der Waals surface area contributed by atoms with Crippen molar-refractivity contribution in [3.63, 3.8) is 0 Å². The summed E-state index contributed by atoms with van der Waals surface area (Å²) in [6, 6.07) is 4.80. The van der Waals surface area contributed by atoms with Crippen LogP contribution < -0.4 is 10.7 Å². The van der Waals surface area contributed by atoms with Gasteiger partial charge in [0.2, 0.25) is 0 Å².